The fourth-order valence-corrected chi connectivity index (χ4v) is 2.20. The largest absolute Gasteiger partial charge is 0.396 e. The minimum absolute atomic E-state index is 0.205. The molecule has 0 saturated carbocycles. The van der Waals surface area contributed by atoms with Gasteiger partial charge in [-0.1, -0.05) is 24.3 Å². The molecule has 1 heterocycles. The van der Waals surface area contributed by atoms with Gasteiger partial charge in [-0.25, -0.2) is 4.98 Å². The molecule has 1 unspecified atom stereocenters. The Labute approximate surface area is 120 Å². The van der Waals surface area contributed by atoms with E-state index in [0.717, 1.165) is 24.4 Å². The third-order valence-electron chi connectivity index (χ3n) is 3.70. The van der Waals surface area contributed by atoms with Gasteiger partial charge in [0.05, 0.1) is 0 Å². The summed E-state index contributed by atoms with van der Waals surface area (Å²) in [6.45, 7) is 3.19. The molecule has 1 atom stereocenters. The van der Waals surface area contributed by atoms with E-state index in [-0.39, 0.29) is 6.61 Å². The third kappa shape index (κ3) is 3.26. The second-order valence-corrected chi connectivity index (χ2v) is 5.28. The quantitative estimate of drug-likeness (QED) is 0.879. The van der Waals surface area contributed by atoms with Crippen molar-refractivity contribution in [2.45, 2.75) is 25.9 Å². The van der Waals surface area contributed by atoms with E-state index in [9.17, 15) is 0 Å². The Kier molecular flexibility index (Phi) is 4.93. The lowest BCUT2D eigenvalue weighted by Gasteiger charge is -2.20. The Bertz CT molecular complexity index is 531. The molecule has 108 valence electrons. The maximum Gasteiger partial charge on any atom is 0.139 e. The zero-order chi connectivity index (χ0) is 14.5. The van der Waals surface area contributed by atoms with Gasteiger partial charge in [0.25, 0.3) is 0 Å². The van der Waals surface area contributed by atoms with E-state index in [2.05, 4.69) is 59.7 Å². The number of nitrogens with zero attached hydrogens (tertiary/aromatic N) is 3. The van der Waals surface area contributed by atoms with E-state index in [1.165, 1.54) is 5.56 Å². The van der Waals surface area contributed by atoms with Crippen LogP contribution in [0.25, 0.3) is 11.4 Å². The minimum Gasteiger partial charge on any atom is -0.396 e. The highest BCUT2D eigenvalue weighted by atomic mass is 16.3. The maximum absolute atomic E-state index is 8.94. The van der Waals surface area contributed by atoms with Crippen LogP contribution in [0.4, 0.5) is 0 Å². The molecule has 4 nitrogen and oxygen atoms in total. The topological polar surface area (TPSA) is 41.3 Å². The zero-order valence-corrected chi connectivity index (χ0v) is 12.5. The maximum atomic E-state index is 8.94. The number of imidazole rings is 1. The van der Waals surface area contributed by atoms with Gasteiger partial charge in [0, 0.05) is 37.2 Å². The van der Waals surface area contributed by atoms with Crippen molar-refractivity contribution in [3.8, 4) is 11.4 Å². The van der Waals surface area contributed by atoms with Crippen molar-refractivity contribution in [1.82, 2.24) is 14.5 Å². The molecule has 0 bridgehead atoms. The Hall–Kier alpha value is -1.65. The lowest BCUT2D eigenvalue weighted by atomic mass is 10.1. The van der Waals surface area contributed by atoms with Gasteiger partial charge >= 0.3 is 0 Å². The van der Waals surface area contributed by atoms with Gasteiger partial charge in [-0.15, -0.1) is 0 Å². The fourth-order valence-electron chi connectivity index (χ4n) is 2.20. The molecule has 0 aliphatic carbocycles. The molecule has 0 aliphatic rings. The summed E-state index contributed by atoms with van der Waals surface area (Å²) < 4.78 is 2.08. The molecule has 0 aliphatic heterocycles. The number of aliphatic hydroxyl groups excluding tert-OH is 1. The van der Waals surface area contributed by atoms with Crippen LogP contribution >= 0.6 is 0 Å². The zero-order valence-electron chi connectivity index (χ0n) is 12.5. The molecule has 0 spiro atoms. The van der Waals surface area contributed by atoms with E-state index in [1.54, 1.807) is 0 Å². The molecule has 1 aromatic carbocycles. The Morgan fingerprint density at radius 1 is 1.25 bits per heavy atom. The van der Waals surface area contributed by atoms with Gasteiger partial charge in [0.1, 0.15) is 5.82 Å². The molecule has 0 amide bonds. The summed E-state index contributed by atoms with van der Waals surface area (Å²) in [5, 5.41) is 8.94. The first-order valence-corrected chi connectivity index (χ1v) is 7.02. The number of aromatic nitrogens is 2. The van der Waals surface area contributed by atoms with Crippen molar-refractivity contribution in [2.24, 2.45) is 0 Å². The molecule has 1 N–H and O–H groups in total. The van der Waals surface area contributed by atoms with Crippen molar-refractivity contribution < 1.29 is 5.11 Å². The number of aryl methyl sites for hydroxylation is 1. The molecule has 2 rings (SSSR count). The summed E-state index contributed by atoms with van der Waals surface area (Å²) in [6, 6.07) is 8.95. The van der Waals surface area contributed by atoms with Crippen LogP contribution in [0.15, 0.2) is 36.7 Å². The van der Waals surface area contributed by atoms with Crippen molar-refractivity contribution in [3.63, 3.8) is 0 Å². The van der Waals surface area contributed by atoms with Crippen LogP contribution in [0.1, 0.15) is 24.9 Å². The van der Waals surface area contributed by atoms with Gasteiger partial charge in [-0.2, -0.15) is 0 Å². The molecule has 0 saturated heterocycles. The summed E-state index contributed by atoms with van der Waals surface area (Å²) in [5.41, 5.74) is 2.41. The minimum atomic E-state index is 0.205. The molecule has 0 radical (unpaired) electrons. The van der Waals surface area contributed by atoms with Gasteiger partial charge < -0.3 is 14.6 Å². The standard InChI is InChI=1S/C16H23N3O/c1-13(18(2)3)14-5-7-15(8-6-14)16-17-9-11-19(16)10-4-12-20/h5-9,11,13,20H,4,10,12H2,1-3H3. The number of benzene rings is 1. The van der Waals surface area contributed by atoms with E-state index in [0.29, 0.717) is 6.04 Å². The summed E-state index contributed by atoms with van der Waals surface area (Å²) >= 11 is 0. The predicted molar refractivity (Wildman–Crippen MR) is 81.5 cm³/mol. The first-order chi connectivity index (χ1) is 9.63. The molecule has 2 aromatic rings. The average Bonchev–Trinajstić information content (AvgIpc) is 2.92. The smallest absolute Gasteiger partial charge is 0.139 e. The van der Waals surface area contributed by atoms with Crippen LogP contribution in [0.5, 0.6) is 0 Å². The van der Waals surface area contributed by atoms with Crippen molar-refractivity contribution in [1.29, 1.82) is 0 Å². The third-order valence-corrected chi connectivity index (χ3v) is 3.70. The van der Waals surface area contributed by atoms with Crippen LogP contribution in [0, 0.1) is 0 Å². The first kappa shape index (κ1) is 14.8. The highest BCUT2D eigenvalue weighted by Gasteiger charge is 2.09. The Morgan fingerprint density at radius 3 is 2.55 bits per heavy atom. The van der Waals surface area contributed by atoms with Crippen molar-refractivity contribution in [3.05, 3.63) is 42.2 Å². The first-order valence-electron chi connectivity index (χ1n) is 7.02. The lowest BCUT2D eigenvalue weighted by molar-refractivity contribution is 0.280. The van der Waals surface area contributed by atoms with E-state index in [1.807, 2.05) is 12.4 Å². The summed E-state index contributed by atoms with van der Waals surface area (Å²) in [5.74, 6) is 0.961. The van der Waals surface area contributed by atoms with E-state index < -0.39 is 0 Å². The van der Waals surface area contributed by atoms with E-state index >= 15 is 0 Å². The predicted octanol–water partition coefficient (Wildman–Crippen LogP) is 2.56. The fraction of sp³-hybridized carbons (Fsp3) is 0.438. The van der Waals surface area contributed by atoms with Crippen LogP contribution in [0.3, 0.4) is 0 Å². The Balaban J connectivity index is 2.20. The number of aliphatic hydroxyl groups is 1. The van der Waals surface area contributed by atoms with Crippen LogP contribution in [-0.2, 0) is 6.54 Å². The van der Waals surface area contributed by atoms with Gasteiger partial charge in [0.15, 0.2) is 0 Å². The van der Waals surface area contributed by atoms with Gasteiger partial charge in [-0.05, 0) is 33.0 Å². The molecule has 20 heavy (non-hydrogen) atoms. The Morgan fingerprint density at radius 2 is 1.95 bits per heavy atom. The van der Waals surface area contributed by atoms with Crippen LogP contribution in [-0.4, -0.2) is 40.3 Å². The monoisotopic (exact) mass is 273 g/mol. The number of rotatable bonds is 6. The van der Waals surface area contributed by atoms with Gasteiger partial charge in [0.2, 0.25) is 0 Å². The van der Waals surface area contributed by atoms with Crippen LogP contribution < -0.4 is 0 Å². The summed E-state index contributed by atoms with van der Waals surface area (Å²) in [4.78, 5) is 6.61. The average molecular weight is 273 g/mol. The van der Waals surface area contributed by atoms with Crippen LogP contribution in [0.2, 0.25) is 0 Å². The van der Waals surface area contributed by atoms with E-state index in [4.69, 9.17) is 5.11 Å². The lowest BCUT2D eigenvalue weighted by Crippen LogP contribution is -2.16. The SMILES string of the molecule is CC(c1ccc(-c2nccn2CCCO)cc1)N(C)C. The highest BCUT2D eigenvalue weighted by molar-refractivity contribution is 5.56. The second kappa shape index (κ2) is 6.68. The molecule has 0 fully saturated rings. The van der Waals surface area contributed by atoms with Gasteiger partial charge in [-0.3, -0.25) is 0 Å². The van der Waals surface area contributed by atoms with Crippen molar-refractivity contribution in [2.75, 3.05) is 20.7 Å². The molecule has 1 aromatic heterocycles. The second-order valence-electron chi connectivity index (χ2n) is 5.28. The number of hydrogen-bond acceptors (Lipinski definition) is 3. The summed E-state index contributed by atoms with van der Waals surface area (Å²) in [7, 11) is 4.17. The number of hydrogen-bond donors (Lipinski definition) is 1. The van der Waals surface area contributed by atoms with Crippen molar-refractivity contribution >= 4 is 0 Å². The molecular weight excluding hydrogens is 250 g/mol. The normalized spacial score (nSPS) is 12.8. The summed E-state index contributed by atoms with van der Waals surface area (Å²) in [6.07, 6.45) is 4.52. The highest BCUT2D eigenvalue weighted by Crippen LogP contribution is 2.22. The molecule has 4 heteroatoms. The molecular formula is C16H23N3O.